The van der Waals surface area contributed by atoms with E-state index in [1.807, 2.05) is 24.3 Å². The van der Waals surface area contributed by atoms with Crippen molar-refractivity contribution in [2.24, 2.45) is 5.92 Å². The van der Waals surface area contributed by atoms with E-state index in [2.05, 4.69) is 21.2 Å². The molecule has 3 rings (SSSR count). The highest BCUT2D eigenvalue weighted by Gasteiger charge is 2.34. The standard InChI is InChI=1S/C18H16BrFN2O2/c19-14-3-1-2-12(8-14)10-22-11-13(9-17(22)23)18(24)21-16-6-4-15(20)5-7-16/h1-8,13H,9-11H2,(H,21,24)/t13-/m1/s1. The van der Waals surface area contributed by atoms with Crippen LogP contribution in [0.4, 0.5) is 10.1 Å². The zero-order valence-electron chi connectivity index (χ0n) is 12.8. The molecule has 0 unspecified atom stereocenters. The van der Waals surface area contributed by atoms with Crippen LogP contribution in [-0.4, -0.2) is 23.3 Å². The van der Waals surface area contributed by atoms with Gasteiger partial charge in [0.1, 0.15) is 5.82 Å². The molecule has 1 aliphatic rings. The molecule has 0 bridgehead atoms. The number of carbonyl (C=O) groups excluding carboxylic acids is 2. The monoisotopic (exact) mass is 390 g/mol. The van der Waals surface area contributed by atoms with Crippen molar-refractivity contribution >= 4 is 33.4 Å². The van der Waals surface area contributed by atoms with Crippen molar-refractivity contribution in [2.45, 2.75) is 13.0 Å². The van der Waals surface area contributed by atoms with Crippen LogP contribution in [0.25, 0.3) is 0 Å². The maximum absolute atomic E-state index is 12.9. The summed E-state index contributed by atoms with van der Waals surface area (Å²) in [4.78, 5) is 26.2. The van der Waals surface area contributed by atoms with Crippen LogP contribution in [0.5, 0.6) is 0 Å². The van der Waals surface area contributed by atoms with E-state index in [-0.39, 0.29) is 24.1 Å². The van der Waals surface area contributed by atoms with Crippen molar-refractivity contribution in [1.82, 2.24) is 4.90 Å². The molecule has 1 fully saturated rings. The molecule has 2 aromatic carbocycles. The zero-order chi connectivity index (χ0) is 17.1. The minimum absolute atomic E-state index is 0.0331. The number of hydrogen-bond donors (Lipinski definition) is 1. The lowest BCUT2D eigenvalue weighted by molar-refractivity contribution is -0.128. The Labute approximate surface area is 147 Å². The van der Waals surface area contributed by atoms with Gasteiger partial charge in [-0.3, -0.25) is 9.59 Å². The topological polar surface area (TPSA) is 49.4 Å². The normalized spacial score (nSPS) is 17.2. The molecular formula is C18H16BrFN2O2. The third-order valence-electron chi connectivity index (χ3n) is 3.96. The number of nitrogens with one attached hydrogen (secondary N) is 1. The highest BCUT2D eigenvalue weighted by molar-refractivity contribution is 9.10. The molecule has 1 atom stereocenters. The van der Waals surface area contributed by atoms with Gasteiger partial charge < -0.3 is 10.2 Å². The van der Waals surface area contributed by atoms with Gasteiger partial charge in [-0.25, -0.2) is 4.39 Å². The summed E-state index contributed by atoms with van der Waals surface area (Å²) >= 11 is 3.41. The molecule has 0 saturated carbocycles. The maximum Gasteiger partial charge on any atom is 0.229 e. The minimum atomic E-state index is -0.394. The van der Waals surface area contributed by atoms with E-state index >= 15 is 0 Å². The predicted octanol–water partition coefficient (Wildman–Crippen LogP) is 3.58. The van der Waals surface area contributed by atoms with Crippen molar-refractivity contribution in [2.75, 3.05) is 11.9 Å². The number of hydrogen-bond acceptors (Lipinski definition) is 2. The molecular weight excluding hydrogens is 375 g/mol. The highest BCUT2D eigenvalue weighted by atomic mass is 79.9. The van der Waals surface area contributed by atoms with E-state index in [4.69, 9.17) is 0 Å². The Morgan fingerprint density at radius 1 is 1.25 bits per heavy atom. The van der Waals surface area contributed by atoms with Crippen LogP contribution in [0.2, 0.25) is 0 Å². The molecule has 124 valence electrons. The molecule has 1 saturated heterocycles. The molecule has 4 nitrogen and oxygen atoms in total. The van der Waals surface area contributed by atoms with E-state index in [0.29, 0.717) is 18.8 Å². The van der Waals surface area contributed by atoms with Crippen molar-refractivity contribution in [3.05, 3.63) is 64.4 Å². The van der Waals surface area contributed by atoms with Gasteiger partial charge in [-0.05, 0) is 42.0 Å². The number of likely N-dealkylation sites (tertiary alicyclic amines) is 1. The fourth-order valence-corrected chi connectivity index (χ4v) is 3.18. The molecule has 6 heteroatoms. The summed E-state index contributed by atoms with van der Waals surface area (Å²) in [7, 11) is 0. The van der Waals surface area contributed by atoms with Gasteiger partial charge >= 0.3 is 0 Å². The van der Waals surface area contributed by atoms with Gasteiger partial charge in [0.2, 0.25) is 11.8 Å². The van der Waals surface area contributed by atoms with Gasteiger partial charge in [0.15, 0.2) is 0 Å². The van der Waals surface area contributed by atoms with E-state index in [1.54, 1.807) is 4.90 Å². The Hall–Kier alpha value is -2.21. The maximum atomic E-state index is 12.9. The van der Waals surface area contributed by atoms with Gasteiger partial charge in [-0.1, -0.05) is 28.1 Å². The van der Waals surface area contributed by atoms with Gasteiger partial charge in [0.05, 0.1) is 5.92 Å². The molecule has 1 N–H and O–H groups in total. The van der Waals surface area contributed by atoms with Crippen LogP contribution in [0.3, 0.4) is 0 Å². The summed E-state index contributed by atoms with van der Waals surface area (Å²) in [6, 6.07) is 13.3. The van der Waals surface area contributed by atoms with Crippen LogP contribution in [0.15, 0.2) is 53.0 Å². The first-order valence-corrected chi connectivity index (χ1v) is 8.39. The van der Waals surface area contributed by atoms with Gasteiger partial charge in [-0.2, -0.15) is 0 Å². The van der Waals surface area contributed by atoms with Crippen LogP contribution < -0.4 is 5.32 Å². The number of rotatable bonds is 4. The van der Waals surface area contributed by atoms with Crippen molar-refractivity contribution in [1.29, 1.82) is 0 Å². The first kappa shape index (κ1) is 16.6. The lowest BCUT2D eigenvalue weighted by Gasteiger charge is -2.17. The van der Waals surface area contributed by atoms with Crippen molar-refractivity contribution < 1.29 is 14.0 Å². The van der Waals surface area contributed by atoms with E-state index in [1.165, 1.54) is 24.3 Å². The van der Waals surface area contributed by atoms with Crippen LogP contribution in [0, 0.1) is 11.7 Å². The predicted molar refractivity (Wildman–Crippen MR) is 92.7 cm³/mol. The summed E-state index contributed by atoms with van der Waals surface area (Å²) in [6.07, 6.45) is 0.195. The van der Waals surface area contributed by atoms with Crippen LogP contribution in [-0.2, 0) is 16.1 Å². The smallest absolute Gasteiger partial charge is 0.229 e. The van der Waals surface area contributed by atoms with E-state index < -0.39 is 5.92 Å². The van der Waals surface area contributed by atoms with Gasteiger partial charge in [0.25, 0.3) is 0 Å². The number of amides is 2. The Bertz CT molecular complexity index is 764. The Morgan fingerprint density at radius 3 is 2.71 bits per heavy atom. The second kappa shape index (κ2) is 7.13. The quantitative estimate of drug-likeness (QED) is 0.867. The Balaban J connectivity index is 1.61. The fourth-order valence-electron chi connectivity index (χ4n) is 2.73. The summed E-state index contributed by atoms with van der Waals surface area (Å²) in [6.45, 7) is 0.872. The second-order valence-corrected chi connectivity index (χ2v) is 6.72. The first-order valence-electron chi connectivity index (χ1n) is 7.60. The lowest BCUT2D eigenvalue weighted by atomic mass is 10.1. The summed E-state index contributed by atoms with van der Waals surface area (Å²) in [5.41, 5.74) is 1.54. The molecule has 0 spiro atoms. The zero-order valence-corrected chi connectivity index (χ0v) is 14.4. The summed E-state index contributed by atoms with van der Waals surface area (Å²) < 4.78 is 13.9. The average molecular weight is 391 g/mol. The molecule has 1 aliphatic heterocycles. The molecule has 2 amide bonds. The van der Waals surface area contributed by atoms with Crippen molar-refractivity contribution in [3.63, 3.8) is 0 Å². The third-order valence-corrected chi connectivity index (χ3v) is 4.45. The van der Waals surface area contributed by atoms with Crippen LogP contribution in [0.1, 0.15) is 12.0 Å². The number of anilines is 1. The number of nitrogens with zero attached hydrogens (tertiary/aromatic N) is 1. The molecule has 0 aromatic heterocycles. The van der Waals surface area contributed by atoms with Crippen LogP contribution >= 0.6 is 15.9 Å². The highest BCUT2D eigenvalue weighted by Crippen LogP contribution is 2.23. The molecule has 2 aromatic rings. The van der Waals surface area contributed by atoms with Crippen molar-refractivity contribution in [3.8, 4) is 0 Å². The number of halogens is 2. The second-order valence-electron chi connectivity index (χ2n) is 5.80. The Kier molecular flexibility index (Phi) is 4.94. The largest absolute Gasteiger partial charge is 0.338 e. The molecule has 0 radical (unpaired) electrons. The van der Waals surface area contributed by atoms with E-state index in [0.717, 1.165) is 10.0 Å². The minimum Gasteiger partial charge on any atom is -0.338 e. The third kappa shape index (κ3) is 4.00. The molecule has 1 heterocycles. The average Bonchev–Trinajstić information content (AvgIpc) is 2.91. The Morgan fingerprint density at radius 2 is 2.00 bits per heavy atom. The first-order chi connectivity index (χ1) is 11.5. The SMILES string of the molecule is O=C(Nc1ccc(F)cc1)[C@@H]1CC(=O)N(Cc2cccc(Br)c2)C1. The molecule has 0 aliphatic carbocycles. The lowest BCUT2D eigenvalue weighted by Crippen LogP contribution is -2.28. The number of benzene rings is 2. The van der Waals surface area contributed by atoms with Gasteiger partial charge in [0, 0.05) is 29.7 Å². The fraction of sp³-hybridized carbons (Fsp3) is 0.222. The van der Waals surface area contributed by atoms with E-state index in [9.17, 15) is 14.0 Å². The summed E-state index contributed by atoms with van der Waals surface area (Å²) in [5, 5.41) is 2.73. The summed E-state index contributed by atoms with van der Waals surface area (Å²) in [5.74, 6) is -1.00. The van der Waals surface area contributed by atoms with Gasteiger partial charge in [-0.15, -0.1) is 0 Å². The molecule has 24 heavy (non-hydrogen) atoms. The number of carbonyl (C=O) groups is 2.